The lowest BCUT2D eigenvalue weighted by Crippen LogP contribution is -2.05. The molecule has 0 saturated heterocycles. The number of hydrogen-bond acceptors (Lipinski definition) is 2. The molecule has 0 aliphatic heterocycles. The van der Waals surface area contributed by atoms with Crippen molar-refractivity contribution in [1.82, 2.24) is 4.57 Å². The van der Waals surface area contributed by atoms with Crippen LogP contribution in [0.15, 0.2) is 6.58 Å². The monoisotopic (exact) mass is 241 g/mol. The number of aromatic nitrogens is 1. The number of methoxy groups -OCH3 is 1. The number of ether oxygens (including phenoxy) is 1. The highest BCUT2D eigenvalue weighted by atomic mass is 35.5. The largest absolute Gasteiger partial charge is 0.465 e. The van der Waals surface area contributed by atoms with Crippen LogP contribution in [-0.4, -0.2) is 23.5 Å². The molecule has 0 N–H and O–H groups in total. The second kappa shape index (κ2) is 4.74. The summed E-state index contributed by atoms with van der Waals surface area (Å²) in [6.45, 7) is 7.70. The molecule has 0 fully saturated rings. The average Bonchev–Trinajstić information content (AvgIpc) is 2.51. The Morgan fingerprint density at radius 3 is 2.31 bits per heavy atom. The Balaban J connectivity index is 3.51. The molecular formula is C12H16ClNO2. The third-order valence-electron chi connectivity index (χ3n) is 2.88. The predicted molar refractivity (Wildman–Crippen MR) is 66.0 cm³/mol. The number of hydrogen-bond donors (Lipinski definition) is 0. The molecule has 1 aromatic heterocycles. The van der Waals surface area contributed by atoms with Gasteiger partial charge in [-0.3, -0.25) is 0 Å². The SMILES string of the molecule is C=C(CCl)c1c(C(=O)OC)c(C)n(C)c1C. The molecule has 0 atom stereocenters. The number of esters is 1. The first kappa shape index (κ1) is 12.8. The highest BCUT2D eigenvalue weighted by molar-refractivity contribution is 6.23. The van der Waals surface area contributed by atoms with E-state index >= 15 is 0 Å². The maximum absolute atomic E-state index is 11.7. The number of nitrogens with zero attached hydrogens (tertiary/aromatic N) is 1. The van der Waals surface area contributed by atoms with Crippen LogP contribution >= 0.6 is 11.6 Å². The van der Waals surface area contributed by atoms with E-state index in [4.69, 9.17) is 16.3 Å². The van der Waals surface area contributed by atoms with E-state index in [1.807, 2.05) is 25.5 Å². The predicted octanol–water partition coefficient (Wildman–Crippen LogP) is 2.68. The molecule has 0 spiro atoms. The van der Waals surface area contributed by atoms with Gasteiger partial charge in [-0.05, 0) is 19.4 Å². The lowest BCUT2D eigenvalue weighted by molar-refractivity contribution is 0.0599. The number of rotatable bonds is 3. The summed E-state index contributed by atoms with van der Waals surface area (Å²) in [5.74, 6) is -0.0450. The smallest absolute Gasteiger partial charge is 0.340 e. The summed E-state index contributed by atoms with van der Waals surface area (Å²) in [5.41, 5.74) is 3.95. The molecular weight excluding hydrogens is 226 g/mol. The zero-order valence-corrected chi connectivity index (χ0v) is 10.8. The lowest BCUT2D eigenvalue weighted by atomic mass is 10.0. The van der Waals surface area contributed by atoms with Crippen LogP contribution in [0.5, 0.6) is 0 Å². The Morgan fingerprint density at radius 1 is 1.38 bits per heavy atom. The van der Waals surface area contributed by atoms with Crippen LogP contribution in [-0.2, 0) is 11.8 Å². The fourth-order valence-electron chi connectivity index (χ4n) is 1.80. The van der Waals surface area contributed by atoms with E-state index in [0.717, 1.165) is 22.5 Å². The van der Waals surface area contributed by atoms with Crippen molar-refractivity contribution in [3.63, 3.8) is 0 Å². The van der Waals surface area contributed by atoms with Gasteiger partial charge >= 0.3 is 5.97 Å². The molecule has 0 aliphatic carbocycles. The van der Waals surface area contributed by atoms with Crippen molar-refractivity contribution in [2.75, 3.05) is 13.0 Å². The molecule has 0 bridgehead atoms. The molecule has 1 rings (SSSR count). The van der Waals surface area contributed by atoms with Crippen LogP contribution < -0.4 is 0 Å². The number of alkyl halides is 1. The topological polar surface area (TPSA) is 31.2 Å². The maximum atomic E-state index is 11.7. The Morgan fingerprint density at radius 2 is 1.88 bits per heavy atom. The minimum atomic E-state index is -0.345. The van der Waals surface area contributed by atoms with Gasteiger partial charge in [-0.15, -0.1) is 11.6 Å². The quantitative estimate of drug-likeness (QED) is 0.602. The van der Waals surface area contributed by atoms with Crippen molar-refractivity contribution in [3.05, 3.63) is 29.1 Å². The molecule has 16 heavy (non-hydrogen) atoms. The van der Waals surface area contributed by atoms with Gasteiger partial charge in [0.2, 0.25) is 0 Å². The molecule has 0 radical (unpaired) electrons. The molecule has 4 heteroatoms. The van der Waals surface area contributed by atoms with Gasteiger partial charge in [0.25, 0.3) is 0 Å². The van der Waals surface area contributed by atoms with Crippen LogP contribution in [0.2, 0.25) is 0 Å². The summed E-state index contributed by atoms with van der Waals surface area (Å²) in [6.07, 6.45) is 0. The second-order valence-corrected chi connectivity index (χ2v) is 3.98. The Hall–Kier alpha value is -1.22. The van der Waals surface area contributed by atoms with E-state index in [9.17, 15) is 4.79 Å². The summed E-state index contributed by atoms with van der Waals surface area (Å²) >= 11 is 5.78. The van der Waals surface area contributed by atoms with E-state index < -0.39 is 0 Å². The van der Waals surface area contributed by atoms with Gasteiger partial charge in [0.1, 0.15) is 0 Å². The first-order valence-electron chi connectivity index (χ1n) is 4.94. The van der Waals surface area contributed by atoms with Crippen LogP contribution in [0.1, 0.15) is 27.3 Å². The van der Waals surface area contributed by atoms with Crippen LogP contribution in [0, 0.1) is 13.8 Å². The number of allylic oxidation sites excluding steroid dienone is 1. The van der Waals surface area contributed by atoms with E-state index in [1.54, 1.807) is 0 Å². The molecule has 1 heterocycles. The van der Waals surface area contributed by atoms with E-state index in [1.165, 1.54) is 7.11 Å². The van der Waals surface area contributed by atoms with E-state index in [-0.39, 0.29) is 5.97 Å². The van der Waals surface area contributed by atoms with Gasteiger partial charge < -0.3 is 9.30 Å². The van der Waals surface area contributed by atoms with Gasteiger partial charge in [-0.25, -0.2) is 4.79 Å². The molecule has 3 nitrogen and oxygen atoms in total. The zero-order chi connectivity index (χ0) is 12.5. The van der Waals surface area contributed by atoms with Gasteiger partial charge in [-0.2, -0.15) is 0 Å². The fourth-order valence-corrected chi connectivity index (χ4v) is 1.93. The molecule has 0 aromatic carbocycles. The first-order valence-corrected chi connectivity index (χ1v) is 5.47. The Labute approximate surface area is 101 Å². The molecule has 0 amide bonds. The molecule has 0 unspecified atom stereocenters. The summed E-state index contributed by atoms with van der Waals surface area (Å²) in [5, 5.41) is 0. The summed E-state index contributed by atoms with van der Waals surface area (Å²) in [6, 6.07) is 0. The third-order valence-corrected chi connectivity index (χ3v) is 3.21. The summed E-state index contributed by atoms with van der Waals surface area (Å²) in [4.78, 5) is 11.7. The number of carbonyl (C=O) groups excluding carboxylic acids is 1. The van der Waals surface area contributed by atoms with Gasteiger partial charge in [-0.1, -0.05) is 6.58 Å². The van der Waals surface area contributed by atoms with Crippen molar-refractivity contribution in [2.24, 2.45) is 7.05 Å². The van der Waals surface area contributed by atoms with Gasteiger partial charge in [0.05, 0.1) is 12.7 Å². The van der Waals surface area contributed by atoms with Crippen molar-refractivity contribution in [3.8, 4) is 0 Å². The van der Waals surface area contributed by atoms with Crippen LogP contribution in [0.4, 0.5) is 0 Å². The first-order chi connectivity index (χ1) is 7.45. The maximum Gasteiger partial charge on any atom is 0.340 e. The third kappa shape index (κ3) is 1.87. The molecule has 0 aliphatic rings. The highest BCUT2D eigenvalue weighted by Gasteiger charge is 2.23. The number of halogens is 1. The molecule has 0 saturated carbocycles. The standard InChI is InChI=1S/C12H16ClNO2/c1-7(6-13)10-8(2)14(4)9(3)11(10)12(15)16-5/h1,6H2,2-5H3. The second-order valence-electron chi connectivity index (χ2n) is 3.71. The number of carbonyl (C=O) groups is 1. The Bertz CT molecular complexity index is 407. The highest BCUT2D eigenvalue weighted by Crippen LogP contribution is 2.28. The van der Waals surface area contributed by atoms with Crippen molar-refractivity contribution >= 4 is 23.1 Å². The van der Waals surface area contributed by atoms with Gasteiger partial charge in [0.15, 0.2) is 0 Å². The van der Waals surface area contributed by atoms with E-state index in [0.29, 0.717) is 11.4 Å². The van der Waals surface area contributed by atoms with Crippen LogP contribution in [0.3, 0.4) is 0 Å². The lowest BCUT2D eigenvalue weighted by Gasteiger charge is -2.05. The minimum absolute atomic E-state index is 0.300. The summed E-state index contributed by atoms with van der Waals surface area (Å²) in [7, 11) is 3.28. The average molecular weight is 242 g/mol. The zero-order valence-electron chi connectivity index (χ0n) is 10.1. The van der Waals surface area contributed by atoms with Crippen molar-refractivity contribution in [2.45, 2.75) is 13.8 Å². The van der Waals surface area contributed by atoms with Crippen molar-refractivity contribution < 1.29 is 9.53 Å². The van der Waals surface area contributed by atoms with Crippen LogP contribution in [0.25, 0.3) is 5.57 Å². The normalized spacial score (nSPS) is 10.3. The minimum Gasteiger partial charge on any atom is -0.465 e. The fraction of sp³-hybridized carbons (Fsp3) is 0.417. The molecule has 1 aromatic rings. The summed E-state index contributed by atoms with van der Waals surface area (Å²) < 4.78 is 6.73. The van der Waals surface area contributed by atoms with Crippen molar-refractivity contribution in [1.29, 1.82) is 0 Å². The Kier molecular flexibility index (Phi) is 3.81. The van der Waals surface area contributed by atoms with E-state index in [2.05, 4.69) is 6.58 Å². The molecule has 88 valence electrons. The van der Waals surface area contributed by atoms with Gasteiger partial charge in [0, 0.05) is 29.9 Å².